The molecule has 0 atom stereocenters. The van der Waals surface area contributed by atoms with Gasteiger partial charge in [0.2, 0.25) is 0 Å². The average molecular weight is 371 g/mol. The average Bonchev–Trinajstić information content (AvgIpc) is 3.06. The van der Waals surface area contributed by atoms with Crippen molar-refractivity contribution in [3.05, 3.63) is 88.5 Å². The second-order valence-electron chi connectivity index (χ2n) is 5.91. The highest BCUT2D eigenvalue weighted by molar-refractivity contribution is 6.46. The lowest BCUT2D eigenvalue weighted by Gasteiger charge is -2.10. The summed E-state index contributed by atoms with van der Waals surface area (Å²) in [7, 11) is 0. The quantitative estimate of drug-likeness (QED) is 0.532. The smallest absolute Gasteiger partial charge is 0.298 e. The van der Waals surface area contributed by atoms with Gasteiger partial charge in [-0.05, 0) is 42.8 Å². The summed E-state index contributed by atoms with van der Waals surface area (Å²) in [6.45, 7) is 2.45. The number of halogens is 2. The Hall–Kier alpha value is -2.92. The Labute approximate surface area is 155 Å². The maximum absolute atomic E-state index is 13.8. The lowest BCUT2D eigenvalue weighted by atomic mass is 10.1. The Balaban J connectivity index is 1.76. The van der Waals surface area contributed by atoms with E-state index in [0.717, 1.165) is 17.2 Å². The molecule has 1 heterocycles. The molecule has 2 aromatic carbocycles. The Kier molecular flexibility index (Phi) is 5.19. The molecule has 0 aliphatic carbocycles. The number of Topliss-reactive ketones (excluding diaryl/α,β-unsaturated/α-hetero) is 1. The third-order valence-corrected chi connectivity index (χ3v) is 4.16. The largest absolute Gasteiger partial charge is 0.340 e. The number of rotatable bonds is 5. The molecule has 6 heteroatoms. The van der Waals surface area contributed by atoms with E-state index >= 15 is 0 Å². The van der Waals surface area contributed by atoms with E-state index in [0.29, 0.717) is 6.54 Å². The Morgan fingerprint density at radius 2 is 1.85 bits per heavy atom. The van der Waals surface area contributed by atoms with Gasteiger partial charge < -0.3 is 9.88 Å². The number of aryl methyl sites for hydroxylation is 1. The molecule has 0 unspecified atom stereocenters. The van der Waals surface area contributed by atoms with E-state index < -0.39 is 17.5 Å². The fourth-order valence-electron chi connectivity index (χ4n) is 2.53. The molecular formula is C20H16ClFN2O2. The highest BCUT2D eigenvalue weighted by Crippen LogP contribution is 2.19. The Morgan fingerprint density at radius 3 is 2.54 bits per heavy atom. The van der Waals surface area contributed by atoms with E-state index in [4.69, 9.17) is 11.6 Å². The summed E-state index contributed by atoms with van der Waals surface area (Å²) in [6, 6.07) is 15.0. The van der Waals surface area contributed by atoms with Crippen LogP contribution in [0, 0.1) is 12.7 Å². The maximum Gasteiger partial charge on any atom is 0.298 e. The van der Waals surface area contributed by atoms with E-state index in [2.05, 4.69) is 5.32 Å². The van der Waals surface area contributed by atoms with Crippen LogP contribution in [0.1, 0.15) is 21.6 Å². The number of nitrogens with zero attached hydrogens (tertiary/aromatic N) is 1. The van der Waals surface area contributed by atoms with Crippen molar-refractivity contribution in [1.29, 1.82) is 0 Å². The molecule has 132 valence electrons. The van der Waals surface area contributed by atoms with Crippen molar-refractivity contribution < 1.29 is 14.0 Å². The van der Waals surface area contributed by atoms with Gasteiger partial charge in [-0.15, -0.1) is 0 Å². The molecule has 1 aromatic heterocycles. The molecule has 1 N–H and O–H groups in total. The fraction of sp³-hybridized carbons (Fsp3) is 0.100. The summed E-state index contributed by atoms with van der Waals surface area (Å²) in [5, 5.41) is 2.50. The highest BCUT2D eigenvalue weighted by Gasteiger charge is 2.21. The van der Waals surface area contributed by atoms with Crippen LogP contribution < -0.4 is 5.32 Å². The molecule has 0 bridgehead atoms. The first-order valence-corrected chi connectivity index (χ1v) is 8.33. The van der Waals surface area contributed by atoms with E-state index in [-0.39, 0.29) is 16.4 Å². The van der Waals surface area contributed by atoms with Crippen molar-refractivity contribution in [2.45, 2.75) is 13.5 Å². The normalized spacial score (nSPS) is 10.6. The van der Waals surface area contributed by atoms with E-state index in [1.54, 1.807) is 22.9 Å². The number of aromatic nitrogens is 1. The summed E-state index contributed by atoms with van der Waals surface area (Å²) in [4.78, 5) is 24.7. The lowest BCUT2D eigenvalue weighted by Crippen LogP contribution is -2.25. The number of hydrogen-bond acceptors (Lipinski definition) is 2. The van der Waals surface area contributed by atoms with E-state index in [9.17, 15) is 14.0 Å². The molecule has 1 amide bonds. The summed E-state index contributed by atoms with van der Waals surface area (Å²) >= 11 is 5.68. The Bertz CT molecular complexity index is 964. The van der Waals surface area contributed by atoms with Gasteiger partial charge in [0.05, 0.1) is 11.4 Å². The minimum absolute atomic E-state index is 0.0932. The number of ketones is 1. The first-order valence-electron chi connectivity index (χ1n) is 7.95. The highest BCUT2D eigenvalue weighted by atomic mass is 35.5. The van der Waals surface area contributed by atoms with Crippen LogP contribution in [0.15, 0.2) is 60.8 Å². The molecule has 26 heavy (non-hydrogen) atoms. The van der Waals surface area contributed by atoms with Crippen LogP contribution in [0.3, 0.4) is 0 Å². The molecule has 0 fully saturated rings. The van der Waals surface area contributed by atoms with Gasteiger partial charge in [-0.25, -0.2) is 4.39 Å². The molecule has 3 aromatic rings. The third-order valence-electron chi connectivity index (χ3n) is 3.92. The molecule has 0 aliphatic rings. The third kappa shape index (κ3) is 4.00. The van der Waals surface area contributed by atoms with Crippen LogP contribution in [0.4, 0.5) is 10.1 Å². The number of benzene rings is 2. The SMILES string of the molecule is Cc1ccc(Cn2cccc2C(=O)C(=O)Nc2ccc(Cl)cc2F)cc1. The van der Waals surface area contributed by atoms with Gasteiger partial charge in [-0.2, -0.15) is 0 Å². The number of hydrogen-bond donors (Lipinski definition) is 1. The number of anilines is 1. The van der Waals surface area contributed by atoms with Crippen LogP contribution >= 0.6 is 11.6 Å². The first kappa shape index (κ1) is 17.9. The van der Waals surface area contributed by atoms with Gasteiger partial charge in [0.15, 0.2) is 0 Å². The van der Waals surface area contributed by atoms with Crippen molar-refractivity contribution >= 4 is 29.0 Å². The molecule has 0 spiro atoms. The fourth-order valence-corrected chi connectivity index (χ4v) is 2.69. The van der Waals surface area contributed by atoms with Gasteiger partial charge in [-0.3, -0.25) is 9.59 Å². The van der Waals surface area contributed by atoms with E-state index in [1.807, 2.05) is 31.2 Å². The predicted molar refractivity (Wildman–Crippen MR) is 99.1 cm³/mol. The summed E-state index contributed by atoms with van der Waals surface area (Å²) in [5.41, 5.74) is 2.29. The molecular weight excluding hydrogens is 355 g/mol. The standard InChI is InChI=1S/C20H16ClFN2O2/c1-13-4-6-14(7-5-13)12-24-10-2-3-18(24)19(25)20(26)23-17-9-8-15(21)11-16(17)22/h2-11H,12H2,1H3,(H,23,26). The van der Waals surface area contributed by atoms with Gasteiger partial charge in [0.25, 0.3) is 11.7 Å². The molecule has 3 rings (SSSR count). The molecule has 0 aliphatic heterocycles. The molecule has 0 saturated carbocycles. The minimum atomic E-state index is -0.907. The number of nitrogens with one attached hydrogen (secondary N) is 1. The van der Waals surface area contributed by atoms with Crippen LogP contribution in [0.5, 0.6) is 0 Å². The molecule has 0 radical (unpaired) electrons. The van der Waals surface area contributed by atoms with E-state index in [1.165, 1.54) is 12.1 Å². The van der Waals surface area contributed by atoms with Gasteiger partial charge in [0, 0.05) is 17.8 Å². The van der Waals surface area contributed by atoms with Crippen LogP contribution in [-0.4, -0.2) is 16.3 Å². The molecule has 4 nitrogen and oxygen atoms in total. The summed E-state index contributed by atoms with van der Waals surface area (Å²) in [6.07, 6.45) is 1.73. The maximum atomic E-state index is 13.8. The second-order valence-corrected chi connectivity index (χ2v) is 6.35. The van der Waals surface area contributed by atoms with Crippen molar-refractivity contribution in [3.8, 4) is 0 Å². The zero-order chi connectivity index (χ0) is 18.7. The molecule has 0 saturated heterocycles. The van der Waals surface area contributed by atoms with Crippen molar-refractivity contribution in [1.82, 2.24) is 4.57 Å². The van der Waals surface area contributed by atoms with Crippen molar-refractivity contribution in [2.24, 2.45) is 0 Å². The summed E-state index contributed by atoms with van der Waals surface area (Å²) < 4.78 is 15.5. The number of carbonyl (C=O) groups is 2. The Morgan fingerprint density at radius 1 is 1.12 bits per heavy atom. The minimum Gasteiger partial charge on any atom is -0.340 e. The van der Waals surface area contributed by atoms with Crippen LogP contribution in [0.25, 0.3) is 0 Å². The van der Waals surface area contributed by atoms with Crippen molar-refractivity contribution in [3.63, 3.8) is 0 Å². The van der Waals surface area contributed by atoms with Gasteiger partial charge in [0.1, 0.15) is 5.82 Å². The number of carbonyl (C=O) groups excluding carboxylic acids is 2. The van der Waals surface area contributed by atoms with Gasteiger partial charge >= 0.3 is 0 Å². The zero-order valence-electron chi connectivity index (χ0n) is 14.0. The first-order chi connectivity index (χ1) is 12.4. The van der Waals surface area contributed by atoms with Crippen molar-refractivity contribution in [2.75, 3.05) is 5.32 Å². The van der Waals surface area contributed by atoms with Crippen LogP contribution in [-0.2, 0) is 11.3 Å². The predicted octanol–water partition coefficient (Wildman–Crippen LogP) is 4.46. The topological polar surface area (TPSA) is 51.1 Å². The lowest BCUT2D eigenvalue weighted by molar-refractivity contribution is -0.112. The van der Waals surface area contributed by atoms with Gasteiger partial charge in [-0.1, -0.05) is 41.4 Å². The monoisotopic (exact) mass is 370 g/mol. The number of amides is 1. The van der Waals surface area contributed by atoms with Crippen LogP contribution in [0.2, 0.25) is 5.02 Å². The summed E-state index contributed by atoms with van der Waals surface area (Å²) in [5.74, 6) is -2.35. The zero-order valence-corrected chi connectivity index (χ0v) is 14.8. The second kappa shape index (κ2) is 7.54.